The van der Waals surface area contributed by atoms with E-state index in [1.54, 1.807) is 11.3 Å². The first kappa shape index (κ1) is 22.7. The van der Waals surface area contributed by atoms with Crippen molar-refractivity contribution in [2.24, 2.45) is 0 Å². The number of nitrogens with zero attached hydrogens (tertiary/aromatic N) is 3. The zero-order valence-corrected chi connectivity index (χ0v) is 20.4. The van der Waals surface area contributed by atoms with Crippen molar-refractivity contribution in [1.29, 1.82) is 0 Å². The van der Waals surface area contributed by atoms with E-state index >= 15 is 0 Å². The molecule has 3 aromatic rings. The lowest BCUT2D eigenvalue weighted by molar-refractivity contribution is 0.0664. The summed E-state index contributed by atoms with van der Waals surface area (Å²) in [6, 6.07) is 13.2. The van der Waals surface area contributed by atoms with Crippen LogP contribution in [-0.4, -0.2) is 53.9 Å². The van der Waals surface area contributed by atoms with Crippen LogP contribution in [0.3, 0.4) is 0 Å². The Bertz CT molecular complexity index is 1070. The molecule has 1 fully saturated rings. The molecule has 1 saturated heterocycles. The number of piperidine rings is 1. The zero-order valence-electron chi connectivity index (χ0n) is 19.6. The topological polar surface area (TPSA) is 36.4 Å². The first-order valence-corrected chi connectivity index (χ1v) is 12.5. The average molecular weight is 448 g/mol. The molecule has 0 unspecified atom stereocenters. The van der Waals surface area contributed by atoms with Gasteiger partial charge in [-0.25, -0.2) is 0 Å². The first-order chi connectivity index (χ1) is 15.5. The summed E-state index contributed by atoms with van der Waals surface area (Å²) >= 11 is 1.62. The van der Waals surface area contributed by atoms with Gasteiger partial charge in [0.1, 0.15) is 0 Å². The molecule has 0 spiro atoms. The maximum atomic E-state index is 13.5. The number of carbonyl (C=O) groups excluding carboxylic acids is 1. The fourth-order valence-corrected chi connectivity index (χ4v) is 5.78. The maximum Gasteiger partial charge on any atom is 0.263 e. The minimum absolute atomic E-state index is 0.131. The molecule has 4 nitrogen and oxygen atoms in total. The molecule has 0 bridgehead atoms. The lowest BCUT2D eigenvalue weighted by Crippen LogP contribution is -2.44. The Labute approximate surface area is 195 Å². The molecule has 3 heterocycles. The molecule has 0 aliphatic carbocycles. The van der Waals surface area contributed by atoms with Crippen molar-refractivity contribution in [3.8, 4) is 21.6 Å². The summed E-state index contributed by atoms with van der Waals surface area (Å²) in [7, 11) is 4.12. The quantitative estimate of drug-likeness (QED) is 0.481. The van der Waals surface area contributed by atoms with E-state index in [0.717, 1.165) is 59.7 Å². The Hall–Kier alpha value is -2.50. The molecule has 5 heteroatoms. The van der Waals surface area contributed by atoms with Gasteiger partial charge in [-0.2, -0.15) is 0 Å². The molecule has 0 saturated carbocycles. The van der Waals surface area contributed by atoms with Gasteiger partial charge < -0.3 is 9.80 Å². The zero-order chi connectivity index (χ0) is 22.7. The van der Waals surface area contributed by atoms with Crippen molar-refractivity contribution in [2.75, 3.05) is 27.2 Å². The molecule has 0 atom stereocenters. The Kier molecular flexibility index (Phi) is 7.07. The van der Waals surface area contributed by atoms with E-state index in [1.807, 2.05) is 36.5 Å². The van der Waals surface area contributed by atoms with Crippen LogP contribution in [0.15, 0.2) is 48.8 Å². The number of hydrogen-bond donors (Lipinski definition) is 0. The number of hydrogen-bond acceptors (Lipinski definition) is 4. The van der Waals surface area contributed by atoms with Gasteiger partial charge in [0.25, 0.3) is 5.91 Å². The van der Waals surface area contributed by atoms with E-state index < -0.39 is 0 Å². The predicted molar refractivity (Wildman–Crippen MR) is 134 cm³/mol. The fourth-order valence-electron chi connectivity index (χ4n) is 4.62. The third kappa shape index (κ3) is 4.64. The summed E-state index contributed by atoms with van der Waals surface area (Å²) in [5, 5.41) is 0. The van der Waals surface area contributed by atoms with Gasteiger partial charge in [0, 0.05) is 35.9 Å². The van der Waals surface area contributed by atoms with Crippen LogP contribution in [0.25, 0.3) is 21.6 Å². The number of likely N-dealkylation sites (tertiary alicyclic amines) is 1. The Morgan fingerprint density at radius 3 is 2.38 bits per heavy atom. The van der Waals surface area contributed by atoms with Gasteiger partial charge in [0.15, 0.2) is 0 Å². The molecule has 1 aromatic carbocycles. The molecule has 4 rings (SSSR count). The summed E-state index contributed by atoms with van der Waals surface area (Å²) in [5.41, 5.74) is 6.19. The van der Waals surface area contributed by atoms with Gasteiger partial charge in [0.05, 0.1) is 4.88 Å². The van der Waals surface area contributed by atoms with Gasteiger partial charge in [-0.3, -0.25) is 9.78 Å². The van der Waals surface area contributed by atoms with Crippen molar-refractivity contribution in [2.45, 2.75) is 45.6 Å². The van der Waals surface area contributed by atoms with E-state index in [4.69, 9.17) is 0 Å². The minimum atomic E-state index is 0.131. The highest BCUT2D eigenvalue weighted by molar-refractivity contribution is 7.18. The SMILES string of the molecule is CCc1ccc(-c2sc(C(=O)N(C)C3CCN(C)CC3)cc2-c2ccncc2)cc1CC. The van der Waals surface area contributed by atoms with E-state index in [-0.39, 0.29) is 5.91 Å². The van der Waals surface area contributed by atoms with Crippen molar-refractivity contribution in [1.82, 2.24) is 14.8 Å². The van der Waals surface area contributed by atoms with Gasteiger partial charge in [-0.05, 0) is 86.3 Å². The van der Waals surface area contributed by atoms with Crippen LogP contribution >= 0.6 is 11.3 Å². The van der Waals surface area contributed by atoms with E-state index in [9.17, 15) is 4.79 Å². The number of thiophene rings is 1. The van der Waals surface area contributed by atoms with E-state index in [1.165, 1.54) is 16.7 Å². The van der Waals surface area contributed by atoms with Crippen LogP contribution in [0.2, 0.25) is 0 Å². The van der Waals surface area contributed by atoms with Crippen molar-refractivity contribution in [3.63, 3.8) is 0 Å². The molecule has 0 radical (unpaired) electrons. The number of aryl methyl sites for hydroxylation is 2. The Morgan fingerprint density at radius 2 is 1.72 bits per heavy atom. The third-order valence-corrected chi connectivity index (χ3v) is 7.89. The smallest absolute Gasteiger partial charge is 0.263 e. The second-order valence-corrected chi connectivity index (χ2v) is 9.78. The monoisotopic (exact) mass is 447 g/mol. The molecule has 32 heavy (non-hydrogen) atoms. The number of pyridine rings is 1. The van der Waals surface area contributed by atoms with E-state index in [2.05, 4.69) is 55.0 Å². The van der Waals surface area contributed by atoms with Crippen molar-refractivity contribution < 1.29 is 4.79 Å². The first-order valence-electron chi connectivity index (χ1n) is 11.6. The molecular formula is C27H33N3OS. The molecule has 1 aliphatic heterocycles. The van der Waals surface area contributed by atoms with Crippen molar-refractivity contribution in [3.05, 3.63) is 64.8 Å². The summed E-state index contributed by atoms with van der Waals surface area (Å²) in [5.74, 6) is 0.131. The van der Waals surface area contributed by atoms with Crippen LogP contribution in [0.4, 0.5) is 0 Å². The number of rotatable bonds is 6. The highest BCUT2D eigenvalue weighted by atomic mass is 32.1. The van der Waals surface area contributed by atoms with Crippen LogP contribution in [0, 0.1) is 0 Å². The summed E-state index contributed by atoms with van der Waals surface area (Å²) in [6.07, 6.45) is 7.76. The van der Waals surface area contributed by atoms with Crippen LogP contribution < -0.4 is 0 Å². The van der Waals surface area contributed by atoms with Crippen molar-refractivity contribution >= 4 is 17.2 Å². The summed E-state index contributed by atoms with van der Waals surface area (Å²) < 4.78 is 0. The normalized spacial score (nSPS) is 15.1. The van der Waals surface area contributed by atoms with Gasteiger partial charge >= 0.3 is 0 Å². The fraction of sp³-hybridized carbons (Fsp3) is 0.407. The molecule has 168 valence electrons. The number of carbonyl (C=O) groups is 1. The van der Waals surface area contributed by atoms with Crippen LogP contribution in [0.1, 0.15) is 47.5 Å². The molecule has 1 amide bonds. The minimum Gasteiger partial charge on any atom is -0.338 e. The second kappa shape index (κ2) is 9.97. The summed E-state index contributed by atoms with van der Waals surface area (Å²) in [4.78, 5) is 24.0. The lowest BCUT2D eigenvalue weighted by atomic mass is 9.97. The van der Waals surface area contributed by atoms with Crippen LogP contribution in [-0.2, 0) is 12.8 Å². The second-order valence-electron chi connectivity index (χ2n) is 8.73. The molecule has 0 N–H and O–H groups in total. The summed E-state index contributed by atoms with van der Waals surface area (Å²) in [6.45, 7) is 6.51. The standard InChI is InChI=1S/C27H33N3OS/c1-5-19-7-8-22(17-20(19)6-2)26-24(21-9-13-28-14-10-21)18-25(32-26)27(31)30(4)23-11-15-29(3)16-12-23/h7-10,13-14,17-18,23H,5-6,11-12,15-16H2,1-4H3. The number of benzene rings is 1. The molecule has 2 aromatic heterocycles. The lowest BCUT2D eigenvalue weighted by Gasteiger charge is -2.34. The molecular weight excluding hydrogens is 414 g/mol. The van der Waals surface area contributed by atoms with Gasteiger partial charge in [-0.15, -0.1) is 11.3 Å². The number of aromatic nitrogens is 1. The number of amides is 1. The maximum absolute atomic E-state index is 13.5. The third-order valence-electron chi connectivity index (χ3n) is 6.72. The van der Waals surface area contributed by atoms with Crippen LogP contribution in [0.5, 0.6) is 0 Å². The highest BCUT2D eigenvalue weighted by Gasteiger charge is 2.27. The Balaban J connectivity index is 1.73. The Morgan fingerprint density at radius 1 is 1.03 bits per heavy atom. The van der Waals surface area contributed by atoms with Gasteiger partial charge in [-0.1, -0.05) is 32.0 Å². The van der Waals surface area contributed by atoms with E-state index in [0.29, 0.717) is 6.04 Å². The molecule has 1 aliphatic rings. The average Bonchev–Trinajstić information content (AvgIpc) is 3.29. The largest absolute Gasteiger partial charge is 0.338 e. The predicted octanol–water partition coefficient (Wildman–Crippen LogP) is 5.77. The highest BCUT2D eigenvalue weighted by Crippen LogP contribution is 2.40. The van der Waals surface area contributed by atoms with Gasteiger partial charge in [0.2, 0.25) is 0 Å².